The van der Waals surface area contributed by atoms with E-state index in [2.05, 4.69) is 24.2 Å². The number of nitrogens with one attached hydrogen (secondary N) is 1. The number of carbonyl (C=O) groups excluding carboxylic acids is 1. The van der Waals surface area contributed by atoms with Crippen LogP contribution in [-0.4, -0.2) is 42.5 Å². The molecular weight excluding hydrogens is 202 g/mol. The van der Waals surface area contributed by atoms with Gasteiger partial charge in [-0.2, -0.15) is 0 Å². The monoisotopic (exact) mass is 227 g/mol. The number of carbonyl (C=O) groups is 1. The average Bonchev–Trinajstić information content (AvgIpc) is 3.06. The van der Waals surface area contributed by atoms with Gasteiger partial charge in [-0.15, -0.1) is 0 Å². The van der Waals surface area contributed by atoms with Crippen molar-refractivity contribution in [3.8, 4) is 0 Å². The van der Waals surface area contributed by atoms with Gasteiger partial charge in [0, 0.05) is 18.6 Å². The third kappa shape index (κ3) is 3.76. The largest absolute Gasteiger partial charge is 0.353 e. The van der Waals surface area contributed by atoms with Crippen LogP contribution in [0.15, 0.2) is 0 Å². The lowest BCUT2D eigenvalue weighted by atomic mass is 10.1. The molecule has 0 spiro atoms. The maximum Gasteiger partial charge on any atom is 0.237 e. The van der Waals surface area contributed by atoms with E-state index in [0.29, 0.717) is 12.6 Å². The maximum absolute atomic E-state index is 11.6. The average molecular weight is 227 g/mol. The van der Waals surface area contributed by atoms with Crippen LogP contribution >= 0.6 is 0 Å². The summed E-state index contributed by atoms with van der Waals surface area (Å²) in [6.07, 6.45) is 2.58. The summed E-state index contributed by atoms with van der Waals surface area (Å²) in [4.78, 5) is 14.0. The van der Waals surface area contributed by atoms with Crippen molar-refractivity contribution in [2.24, 2.45) is 11.7 Å². The van der Waals surface area contributed by atoms with E-state index in [1.807, 2.05) is 13.8 Å². The van der Waals surface area contributed by atoms with Gasteiger partial charge in [0.15, 0.2) is 0 Å². The van der Waals surface area contributed by atoms with E-state index in [-0.39, 0.29) is 11.8 Å². The van der Waals surface area contributed by atoms with Crippen LogP contribution in [0.25, 0.3) is 0 Å². The third-order valence-corrected chi connectivity index (χ3v) is 3.41. The van der Waals surface area contributed by atoms with E-state index < -0.39 is 6.04 Å². The highest BCUT2D eigenvalue weighted by Crippen LogP contribution is 2.26. The summed E-state index contributed by atoms with van der Waals surface area (Å²) in [6.45, 7) is 6.75. The van der Waals surface area contributed by atoms with Crippen LogP contribution in [0.3, 0.4) is 0 Å². The fourth-order valence-corrected chi connectivity index (χ4v) is 1.65. The van der Waals surface area contributed by atoms with Gasteiger partial charge in [0.2, 0.25) is 5.91 Å². The Bertz CT molecular complexity index is 238. The summed E-state index contributed by atoms with van der Waals surface area (Å²) >= 11 is 0. The zero-order valence-electron chi connectivity index (χ0n) is 10.9. The Morgan fingerprint density at radius 1 is 1.44 bits per heavy atom. The summed E-state index contributed by atoms with van der Waals surface area (Å²) in [7, 11) is 2.12. The molecule has 1 rings (SSSR count). The SMILES string of the molecule is CC(C)[C@H](N)C(=O)NCC(C)N(C)C1CC1. The molecule has 0 aromatic heterocycles. The molecular formula is C12H25N3O. The Labute approximate surface area is 98.6 Å². The van der Waals surface area contributed by atoms with Crippen molar-refractivity contribution in [1.29, 1.82) is 0 Å². The first-order valence-corrected chi connectivity index (χ1v) is 6.18. The van der Waals surface area contributed by atoms with Gasteiger partial charge in [-0.05, 0) is 32.7 Å². The third-order valence-electron chi connectivity index (χ3n) is 3.41. The van der Waals surface area contributed by atoms with Gasteiger partial charge in [-0.25, -0.2) is 0 Å². The number of nitrogens with two attached hydrogens (primary N) is 1. The molecule has 3 N–H and O–H groups in total. The molecule has 0 bridgehead atoms. The van der Waals surface area contributed by atoms with Gasteiger partial charge in [-0.1, -0.05) is 13.8 Å². The fourth-order valence-electron chi connectivity index (χ4n) is 1.65. The molecule has 0 aromatic carbocycles. The van der Waals surface area contributed by atoms with Gasteiger partial charge < -0.3 is 11.1 Å². The van der Waals surface area contributed by atoms with Crippen molar-refractivity contribution >= 4 is 5.91 Å². The first kappa shape index (κ1) is 13.5. The second-order valence-electron chi connectivity index (χ2n) is 5.26. The van der Waals surface area contributed by atoms with Crippen molar-refractivity contribution < 1.29 is 4.79 Å². The smallest absolute Gasteiger partial charge is 0.237 e. The van der Waals surface area contributed by atoms with E-state index in [1.165, 1.54) is 12.8 Å². The molecule has 1 fully saturated rings. The number of rotatable bonds is 6. The Morgan fingerprint density at radius 3 is 2.44 bits per heavy atom. The zero-order chi connectivity index (χ0) is 12.3. The van der Waals surface area contributed by atoms with Crippen LogP contribution in [0.1, 0.15) is 33.6 Å². The standard InChI is InChI=1S/C12H25N3O/c1-8(2)11(13)12(16)14-7-9(3)15(4)10-5-6-10/h8-11H,5-7,13H2,1-4H3,(H,14,16)/t9?,11-/m0/s1. The molecule has 1 saturated carbocycles. The van der Waals surface area contributed by atoms with E-state index in [9.17, 15) is 4.79 Å². The van der Waals surface area contributed by atoms with Gasteiger partial charge in [0.25, 0.3) is 0 Å². The Balaban J connectivity index is 2.25. The zero-order valence-corrected chi connectivity index (χ0v) is 10.9. The lowest BCUT2D eigenvalue weighted by Crippen LogP contribution is -2.48. The molecule has 16 heavy (non-hydrogen) atoms. The second kappa shape index (κ2) is 5.64. The van der Waals surface area contributed by atoms with Crippen molar-refractivity contribution in [3.05, 3.63) is 0 Å². The van der Waals surface area contributed by atoms with E-state index in [4.69, 9.17) is 5.73 Å². The summed E-state index contributed by atoms with van der Waals surface area (Å²) in [5, 5.41) is 2.92. The Morgan fingerprint density at radius 2 is 2.00 bits per heavy atom. The van der Waals surface area contributed by atoms with Gasteiger partial charge >= 0.3 is 0 Å². The molecule has 1 amide bonds. The van der Waals surface area contributed by atoms with Crippen LogP contribution in [0.5, 0.6) is 0 Å². The van der Waals surface area contributed by atoms with Crippen molar-refractivity contribution in [3.63, 3.8) is 0 Å². The van der Waals surface area contributed by atoms with Crippen LogP contribution in [0.2, 0.25) is 0 Å². The summed E-state index contributed by atoms with van der Waals surface area (Å²) in [5.41, 5.74) is 5.77. The van der Waals surface area contributed by atoms with Crippen LogP contribution < -0.4 is 11.1 Å². The first-order chi connectivity index (χ1) is 7.43. The molecule has 2 atom stereocenters. The lowest BCUT2D eigenvalue weighted by molar-refractivity contribution is -0.123. The molecule has 0 aliphatic heterocycles. The second-order valence-corrected chi connectivity index (χ2v) is 5.26. The molecule has 4 nitrogen and oxygen atoms in total. The fraction of sp³-hybridized carbons (Fsp3) is 0.917. The quantitative estimate of drug-likeness (QED) is 0.697. The summed E-state index contributed by atoms with van der Waals surface area (Å²) in [5.74, 6) is 0.155. The molecule has 0 aromatic rings. The van der Waals surface area contributed by atoms with E-state index in [1.54, 1.807) is 0 Å². The number of hydrogen-bond acceptors (Lipinski definition) is 3. The number of nitrogens with zero attached hydrogens (tertiary/aromatic N) is 1. The summed E-state index contributed by atoms with van der Waals surface area (Å²) in [6, 6.07) is 0.722. The topological polar surface area (TPSA) is 58.4 Å². The maximum atomic E-state index is 11.6. The highest BCUT2D eigenvalue weighted by atomic mass is 16.2. The predicted molar refractivity (Wildman–Crippen MR) is 66.1 cm³/mol. The Hall–Kier alpha value is -0.610. The van der Waals surface area contributed by atoms with Gasteiger partial charge in [0.1, 0.15) is 0 Å². The summed E-state index contributed by atoms with van der Waals surface area (Å²) < 4.78 is 0. The van der Waals surface area contributed by atoms with Crippen molar-refractivity contribution in [2.75, 3.05) is 13.6 Å². The van der Waals surface area contributed by atoms with Crippen LogP contribution in [0.4, 0.5) is 0 Å². The highest BCUT2D eigenvalue weighted by molar-refractivity contribution is 5.81. The minimum absolute atomic E-state index is 0.0361. The minimum atomic E-state index is -0.390. The van der Waals surface area contributed by atoms with Crippen LogP contribution in [-0.2, 0) is 4.79 Å². The molecule has 1 aliphatic carbocycles. The molecule has 4 heteroatoms. The molecule has 1 unspecified atom stereocenters. The normalized spacial score (nSPS) is 19.9. The molecule has 0 radical (unpaired) electrons. The van der Waals surface area contributed by atoms with Gasteiger partial charge in [-0.3, -0.25) is 9.69 Å². The number of hydrogen-bond donors (Lipinski definition) is 2. The first-order valence-electron chi connectivity index (χ1n) is 6.18. The molecule has 1 aliphatic rings. The molecule has 0 heterocycles. The minimum Gasteiger partial charge on any atom is -0.353 e. The number of likely N-dealkylation sites (N-methyl/N-ethyl adjacent to an activating group) is 1. The lowest BCUT2D eigenvalue weighted by Gasteiger charge is -2.25. The van der Waals surface area contributed by atoms with E-state index >= 15 is 0 Å². The molecule has 94 valence electrons. The van der Waals surface area contributed by atoms with Gasteiger partial charge in [0.05, 0.1) is 6.04 Å². The molecule has 0 saturated heterocycles. The van der Waals surface area contributed by atoms with Crippen molar-refractivity contribution in [1.82, 2.24) is 10.2 Å². The van der Waals surface area contributed by atoms with Crippen LogP contribution in [0, 0.1) is 5.92 Å². The highest BCUT2D eigenvalue weighted by Gasteiger charge is 2.29. The Kier molecular flexibility index (Phi) is 4.74. The predicted octanol–water partition coefficient (Wildman–Crippen LogP) is 0.569. The van der Waals surface area contributed by atoms with E-state index in [0.717, 1.165) is 6.04 Å². The van der Waals surface area contributed by atoms with Crippen molar-refractivity contribution in [2.45, 2.75) is 51.7 Å². The number of amides is 1.